The Morgan fingerprint density at radius 1 is 0.327 bits per heavy atom. The first-order chi connectivity index (χ1) is 27.2. The van der Waals surface area contributed by atoms with Crippen LogP contribution >= 0.6 is 0 Å². The average molecular weight is 700 g/mol. The molecule has 11 aromatic rings. The molecule has 0 radical (unpaired) electrons. The van der Waals surface area contributed by atoms with Crippen LogP contribution in [-0.4, -0.2) is 13.7 Å². The third kappa shape index (κ3) is 4.51. The molecule has 3 heterocycles. The Morgan fingerprint density at radius 3 is 1.38 bits per heavy atom. The molecule has 55 heavy (non-hydrogen) atoms. The predicted molar refractivity (Wildman–Crippen MR) is 224 cm³/mol. The molecular weight excluding hydrogens is 671 g/mol. The quantitative estimate of drug-likeness (QED) is 0.184. The molecule has 0 aliphatic heterocycles. The second kappa shape index (κ2) is 11.8. The fourth-order valence-corrected chi connectivity index (χ4v) is 8.72. The van der Waals surface area contributed by atoms with Crippen LogP contribution in [0.1, 0.15) is 11.1 Å². The van der Waals surface area contributed by atoms with E-state index in [9.17, 15) is 10.5 Å². The summed E-state index contributed by atoms with van der Waals surface area (Å²) in [5.41, 5.74) is 12.7. The number of nitrogens with zero attached hydrogens (tertiary/aromatic N) is 5. The van der Waals surface area contributed by atoms with E-state index in [1.54, 1.807) is 0 Å². The van der Waals surface area contributed by atoms with Crippen LogP contribution in [0.2, 0.25) is 0 Å². The molecule has 3 aromatic heterocycles. The van der Waals surface area contributed by atoms with Crippen LogP contribution in [-0.2, 0) is 0 Å². The Bertz CT molecular complexity index is 3420. The fourth-order valence-electron chi connectivity index (χ4n) is 8.72. The van der Waals surface area contributed by atoms with Gasteiger partial charge in [-0.2, -0.15) is 10.5 Å². The molecule has 0 saturated carbocycles. The highest BCUT2D eigenvalue weighted by molar-refractivity contribution is 6.13. The Kier molecular flexibility index (Phi) is 6.61. The number of rotatable bonds is 4. The van der Waals surface area contributed by atoms with Crippen molar-refractivity contribution in [3.8, 4) is 40.3 Å². The molecule has 254 valence electrons. The van der Waals surface area contributed by atoms with Gasteiger partial charge < -0.3 is 13.7 Å². The molecule has 0 spiro atoms. The first-order valence-electron chi connectivity index (χ1n) is 18.3. The van der Waals surface area contributed by atoms with Crippen molar-refractivity contribution in [1.82, 2.24) is 13.7 Å². The van der Waals surface area contributed by atoms with Crippen molar-refractivity contribution in [2.75, 3.05) is 0 Å². The average Bonchev–Trinajstić information content (AvgIpc) is 3.88. The van der Waals surface area contributed by atoms with Gasteiger partial charge in [0.2, 0.25) is 0 Å². The molecule has 8 aromatic carbocycles. The van der Waals surface area contributed by atoms with E-state index >= 15 is 0 Å². The highest BCUT2D eigenvalue weighted by Gasteiger charge is 2.20. The van der Waals surface area contributed by atoms with Crippen molar-refractivity contribution in [1.29, 1.82) is 10.5 Å². The van der Waals surface area contributed by atoms with E-state index in [1.165, 1.54) is 32.6 Å². The second-order valence-corrected chi connectivity index (χ2v) is 14.0. The molecule has 0 aliphatic carbocycles. The van der Waals surface area contributed by atoms with Crippen LogP contribution in [0, 0.1) is 22.7 Å². The van der Waals surface area contributed by atoms with Gasteiger partial charge in [-0.1, -0.05) is 103 Å². The summed E-state index contributed by atoms with van der Waals surface area (Å²) in [4.78, 5) is 0. The lowest BCUT2D eigenvalue weighted by Gasteiger charge is -2.16. The van der Waals surface area contributed by atoms with Crippen molar-refractivity contribution in [3.05, 3.63) is 187 Å². The molecule has 0 aliphatic rings. The molecule has 0 N–H and O–H groups in total. The minimum absolute atomic E-state index is 0.567. The molecule has 0 saturated heterocycles. The molecule has 0 bridgehead atoms. The number of benzene rings is 8. The van der Waals surface area contributed by atoms with E-state index in [4.69, 9.17) is 0 Å². The summed E-state index contributed by atoms with van der Waals surface area (Å²) in [7, 11) is 0. The van der Waals surface area contributed by atoms with Crippen LogP contribution in [0.25, 0.3) is 93.6 Å². The van der Waals surface area contributed by atoms with Gasteiger partial charge in [-0.3, -0.25) is 0 Å². The Labute approximate surface area is 316 Å². The molecular formula is C50H29N5. The van der Waals surface area contributed by atoms with E-state index in [0.29, 0.717) is 11.1 Å². The molecule has 0 fully saturated rings. The SMILES string of the molecule is N#Cc1ccc(-c2cccc(-n3c4ccccc4c4ccc(-n5c6ccccc6c6ccccc65)cc43)c2)c(-n2c3ccccc3c3ccc(C#N)cc32)c1. The summed E-state index contributed by atoms with van der Waals surface area (Å²) >= 11 is 0. The van der Waals surface area contributed by atoms with Crippen molar-refractivity contribution < 1.29 is 0 Å². The first-order valence-corrected chi connectivity index (χ1v) is 18.3. The van der Waals surface area contributed by atoms with E-state index < -0.39 is 0 Å². The predicted octanol–water partition coefficient (Wildman–Crippen LogP) is 12.4. The van der Waals surface area contributed by atoms with Crippen LogP contribution < -0.4 is 0 Å². The highest BCUT2D eigenvalue weighted by Crippen LogP contribution is 2.40. The van der Waals surface area contributed by atoms with Crippen molar-refractivity contribution >= 4 is 65.4 Å². The lowest BCUT2D eigenvalue weighted by Crippen LogP contribution is -2.00. The Hall–Kier alpha value is -7.86. The normalized spacial score (nSPS) is 11.6. The number of aromatic nitrogens is 3. The van der Waals surface area contributed by atoms with Gasteiger partial charge in [-0.05, 0) is 78.4 Å². The summed E-state index contributed by atoms with van der Waals surface area (Å²) in [5.74, 6) is 0. The van der Waals surface area contributed by atoms with Gasteiger partial charge in [0.1, 0.15) is 0 Å². The molecule has 11 rings (SSSR count). The molecule has 0 atom stereocenters. The lowest BCUT2D eigenvalue weighted by atomic mass is 10.0. The Morgan fingerprint density at radius 2 is 0.782 bits per heavy atom. The largest absolute Gasteiger partial charge is 0.309 e. The molecule has 0 unspecified atom stereocenters. The minimum atomic E-state index is 0.567. The summed E-state index contributed by atoms with van der Waals surface area (Å²) < 4.78 is 6.94. The summed E-state index contributed by atoms with van der Waals surface area (Å²) in [6.45, 7) is 0. The zero-order chi connectivity index (χ0) is 36.6. The highest BCUT2D eigenvalue weighted by atomic mass is 15.0. The maximum atomic E-state index is 10.1. The molecule has 5 nitrogen and oxygen atoms in total. The standard InChI is InChI=1S/C50H29N5/c51-30-32-20-23-37(48(26-32)55-47-19-8-4-15-41(47)42-24-21-33(31-52)27-49(42)55)34-10-9-11-35(28-34)54-46-18-7-3-14-40(46)43-25-22-36(29-50(43)54)53-44-16-5-1-12-38(44)39-13-2-6-17-45(39)53/h1-29H. The molecule has 0 amide bonds. The second-order valence-electron chi connectivity index (χ2n) is 14.0. The van der Waals surface area contributed by atoms with E-state index in [-0.39, 0.29) is 0 Å². The van der Waals surface area contributed by atoms with Gasteiger partial charge in [0, 0.05) is 49.3 Å². The van der Waals surface area contributed by atoms with Gasteiger partial charge in [-0.25, -0.2) is 0 Å². The number of hydrogen-bond acceptors (Lipinski definition) is 2. The van der Waals surface area contributed by atoms with Gasteiger partial charge >= 0.3 is 0 Å². The number of nitriles is 2. The summed E-state index contributed by atoms with van der Waals surface area (Å²) in [6, 6.07) is 66.1. The minimum Gasteiger partial charge on any atom is -0.309 e. The Balaban J connectivity index is 1.16. The maximum Gasteiger partial charge on any atom is 0.0992 e. The van der Waals surface area contributed by atoms with E-state index in [2.05, 4.69) is 153 Å². The summed E-state index contributed by atoms with van der Waals surface area (Å²) in [6.07, 6.45) is 0. The zero-order valence-electron chi connectivity index (χ0n) is 29.5. The fraction of sp³-hybridized carbons (Fsp3) is 0. The van der Waals surface area contributed by atoms with Crippen LogP contribution in [0.3, 0.4) is 0 Å². The van der Waals surface area contributed by atoms with Gasteiger partial charge in [-0.15, -0.1) is 0 Å². The molecule has 5 heteroatoms. The number of hydrogen-bond donors (Lipinski definition) is 0. The monoisotopic (exact) mass is 699 g/mol. The first kappa shape index (κ1) is 30.7. The van der Waals surface area contributed by atoms with Crippen molar-refractivity contribution in [2.45, 2.75) is 0 Å². The van der Waals surface area contributed by atoms with E-state index in [0.717, 1.165) is 61.0 Å². The third-order valence-electron chi connectivity index (χ3n) is 11.1. The maximum absolute atomic E-state index is 10.1. The van der Waals surface area contributed by atoms with Crippen LogP contribution in [0.4, 0.5) is 0 Å². The van der Waals surface area contributed by atoms with Crippen molar-refractivity contribution in [3.63, 3.8) is 0 Å². The van der Waals surface area contributed by atoms with Crippen molar-refractivity contribution in [2.24, 2.45) is 0 Å². The summed E-state index contributed by atoms with van der Waals surface area (Å²) in [5, 5.41) is 27.0. The zero-order valence-corrected chi connectivity index (χ0v) is 29.5. The van der Waals surface area contributed by atoms with Gasteiger partial charge in [0.25, 0.3) is 0 Å². The van der Waals surface area contributed by atoms with Crippen LogP contribution in [0.15, 0.2) is 176 Å². The number of para-hydroxylation sites is 4. The topological polar surface area (TPSA) is 62.4 Å². The third-order valence-corrected chi connectivity index (χ3v) is 11.1. The van der Waals surface area contributed by atoms with Gasteiger partial charge in [0.15, 0.2) is 0 Å². The van der Waals surface area contributed by atoms with Crippen LogP contribution in [0.5, 0.6) is 0 Å². The smallest absolute Gasteiger partial charge is 0.0992 e. The van der Waals surface area contributed by atoms with E-state index in [1.807, 2.05) is 48.5 Å². The lowest BCUT2D eigenvalue weighted by molar-refractivity contribution is 1.15. The van der Waals surface area contributed by atoms with Gasteiger partial charge in [0.05, 0.1) is 62.1 Å². The number of fused-ring (bicyclic) bond motifs is 9.